The van der Waals surface area contributed by atoms with Gasteiger partial charge in [-0.25, -0.2) is 23.8 Å². The van der Waals surface area contributed by atoms with Crippen LogP contribution in [0, 0.1) is 17.6 Å². The summed E-state index contributed by atoms with van der Waals surface area (Å²) >= 11 is 0. The summed E-state index contributed by atoms with van der Waals surface area (Å²) in [6.45, 7) is -0.134. The van der Waals surface area contributed by atoms with Crippen LogP contribution in [0.25, 0.3) is 22.2 Å². The van der Waals surface area contributed by atoms with Gasteiger partial charge >= 0.3 is 6.18 Å². The van der Waals surface area contributed by atoms with E-state index in [0.29, 0.717) is 25.7 Å². The number of H-pyrrole nitrogens is 1. The van der Waals surface area contributed by atoms with Crippen LogP contribution in [0.4, 0.5) is 27.6 Å². The molecule has 0 spiro atoms. The lowest BCUT2D eigenvalue weighted by Gasteiger charge is -2.31. The molecule has 0 unspecified atom stereocenters. The number of anilines is 1. The van der Waals surface area contributed by atoms with Crippen molar-refractivity contribution in [2.24, 2.45) is 5.92 Å². The number of nitrogens with one attached hydrogen (secondary N) is 2. The number of alkyl halides is 3. The van der Waals surface area contributed by atoms with Gasteiger partial charge in [0.05, 0.1) is 41.8 Å². The van der Waals surface area contributed by atoms with Crippen molar-refractivity contribution in [3.8, 4) is 17.1 Å². The van der Waals surface area contributed by atoms with Gasteiger partial charge in [-0.1, -0.05) is 6.42 Å². The van der Waals surface area contributed by atoms with E-state index < -0.39 is 46.2 Å². The standard InChI is InChI=1S/C27H25F5N6O4/c28-20-8-18-17(7-19(20)24-33-9-16(10-34-24)42-5-4-39)21(29)13-38(26(18)41)12-14-2-1-3-15(6-14)36-22-11-35-37-25(40)23(22)27(30,31)32/h7-11,13-15,39H,1-6,12H2,(H2,36,37,40)/t14-,15+/m1/s1. The third kappa shape index (κ3) is 6.10. The molecule has 0 saturated heterocycles. The number of aromatic amines is 1. The Kier molecular flexibility index (Phi) is 8.20. The van der Waals surface area contributed by atoms with Crippen molar-refractivity contribution in [1.29, 1.82) is 0 Å². The molecule has 0 amide bonds. The molecule has 1 saturated carbocycles. The van der Waals surface area contributed by atoms with E-state index in [9.17, 15) is 22.8 Å². The molecule has 0 radical (unpaired) electrons. The number of fused-ring (bicyclic) bond motifs is 1. The van der Waals surface area contributed by atoms with Crippen LogP contribution in [0.2, 0.25) is 0 Å². The summed E-state index contributed by atoms with van der Waals surface area (Å²) < 4.78 is 77.0. The molecule has 2 atom stereocenters. The molecule has 1 fully saturated rings. The SMILES string of the molecule is O=c1[nH]ncc(N[C@H]2CCC[C@@H](Cn3cc(F)c4cc(-c5ncc(OCCO)cn5)c(F)cc4c3=O)C2)c1C(F)(F)F. The van der Waals surface area contributed by atoms with Gasteiger partial charge in [0.25, 0.3) is 11.1 Å². The van der Waals surface area contributed by atoms with Crippen molar-refractivity contribution in [2.75, 3.05) is 18.5 Å². The number of benzene rings is 1. The van der Waals surface area contributed by atoms with Gasteiger partial charge < -0.3 is 19.7 Å². The number of ether oxygens (including phenoxy) is 1. The highest BCUT2D eigenvalue weighted by Gasteiger charge is 2.38. The van der Waals surface area contributed by atoms with E-state index in [0.717, 1.165) is 29.1 Å². The summed E-state index contributed by atoms with van der Waals surface area (Å²) in [6, 6.07) is 1.63. The number of hydrogen-bond donors (Lipinski definition) is 3. The minimum atomic E-state index is -4.89. The molecular formula is C27H25F5N6O4. The van der Waals surface area contributed by atoms with E-state index in [4.69, 9.17) is 9.84 Å². The molecule has 1 aliphatic carbocycles. The van der Waals surface area contributed by atoms with E-state index >= 15 is 8.78 Å². The Balaban J connectivity index is 1.36. The van der Waals surface area contributed by atoms with Crippen LogP contribution < -0.4 is 21.2 Å². The molecule has 4 aromatic rings. The second kappa shape index (κ2) is 11.8. The Bertz CT molecular complexity index is 1710. The topological polar surface area (TPSA) is 135 Å². The summed E-state index contributed by atoms with van der Waals surface area (Å²) in [5.74, 6) is -1.63. The number of aliphatic hydroxyl groups excluding tert-OH is 1. The number of aromatic nitrogens is 5. The third-order valence-corrected chi connectivity index (χ3v) is 7.09. The summed E-state index contributed by atoms with van der Waals surface area (Å²) in [6.07, 6.45) is 1.72. The normalized spacial score (nSPS) is 17.4. The van der Waals surface area contributed by atoms with Crippen LogP contribution in [0.15, 0.2) is 46.5 Å². The average molecular weight is 593 g/mol. The number of nitrogens with zero attached hydrogens (tertiary/aromatic N) is 4. The second-order valence-electron chi connectivity index (χ2n) is 9.99. The first-order chi connectivity index (χ1) is 20.0. The fourth-order valence-electron chi connectivity index (χ4n) is 5.24. The Morgan fingerprint density at radius 2 is 1.83 bits per heavy atom. The Labute approximate surface area is 234 Å². The van der Waals surface area contributed by atoms with E-state index in [-0.39, 0.29) is 53.6 Å². The smallest absolute Gasteiger partial charge is 0.423 e. The van der Waals surface area contributed by atoms with Gasteiger partial charge in [0.2, 0.25) is 0 Å². The van der Waals surface area contributed by atoms with Crippen molar-refractivity contribution in [3.05, 3.63) is 74.8 Å². The molecule has 222 valence electrons. The molecule has 1 aromatic carbocycles. The van der Waals surface area contributed by atoms with Crippen LogP contribution in [-0.2, 0) is 12.7 Å². The fraction of sp³-hybridized carbons (Fsp3) is 0.370. The summed E-state index contributed by atoms with van der Waals surface area (Å²) in [5.41, 5.74) is -3.91. The zero-order valence-corrected chi connectivity index (χ0v) is 21.9. The van der Waals surface area contributed by atoms with Crippen molar-refractivity contribution in [2.45, 2.75) is 44.4 Å². The van der Waals surface area contributed by atoms with Gasteiger partial charge in [-0.15, -0.1) is 0 Å². The maximum atomic E-state index is 15.2. The van der Waals surface area contributed by atoms with E-state index in [1.165, 1.54) is 12.4 Å². The Morgan fingerprint density at radius 1 is 1.07 bits per heavy atom. The molecule has 42 heavy (non-hydrogen) atoms. The minimum Gasteiger partial charge on any atom is -0.488 e. The predicted molar refractivity (Wildman–Crippen MR) is 141 cm³/mol. The Morgan fingerprint density at radius 3 is 2.55 bits per heavy atom. The monoisotopic (exact) mass is 592 g/mol. The molecule has 10 nitrogen and oxygen atoms in total. The summed E-state index contributed by atoms with van der Waals surface area (Å²) in [7, 11) is 0. The van der Waals surface area contributed by atoms with Gasteiger partial charge in [0.15, 0.2) is 11.6 Å². The highest BCUT2D eigenvalue weighted by molar-refractivity contribution is 5.86. The number of hydrogen-bond acceptors (Lipinski definition) is 8. The number of halogens is 5. The van der Waals surface area contributed by atoms with Crippen LogP contribution >= 0.6 is 0 Å². The first-order valence-corrected chi connectivity index (χ1v) is 13.0. The molecular weight excluding hydrogens is 567 g/mol. The quantitative estimate of drug-likeness (QED) is 0.263. The number of pyridine rings is 1. The second-order valence-corrected chi connectivity index (χ2v) is 9.99. The fourth-order valence-corrected chi connectivity index (χ4v) is 5.24. The van der Waals surface area contributed by atoms with Gasteiger partial charge in [0, 0.05) is 24.2 Å². The van der Waals surface area contributed by atoms with Gasteiger partial charge in [-0.3, -0.25) is 9.59 Å². The first kappa shape index (κ1) is 29.1. The summed E-state index contributed by atoms with van der Waals surface area (Å²) in [4.78, 5) is 33.1. The van der Waals surface area contributed by atoms with Crippen LogP contribution in [0.5, 0.6) is 5.75 Å². The molecule has 0 aliphatic heterocycles. The summed E-state index contributed by atoms with van der Waals surface area (Å²) in [5, 5.41) is 16.6. The van der Waals surface area contributed by atoms with E-state index in [1.807, 2.05) is 0 Å². The van der Waals surface area contributed by atoms with Crippen molar-refractivity contribution < 1.29 is 31.8 Å². The van der Waals surface area contributed by atoms with Gasteiger partial charge in [-0.05, 0) is 37.3 Å². The molecule has 3 aromatic heterocycles. The lowest BCUT2D eigenvalue weighted by Crippen LogP contribution is -2.34. The van der Waals surface area contributed by atoms with Crippen molar-refractivity contribution in [1.82, 2.24) is 24.7 Å². The largest absolute Gasteiger partial charge is 0.488 e. The lowest BCUT2D eigenvalue weighted by molar-refractivity contribution is -0.138. The minimum absolute atomic E-state index is 0.0210. The van der Waals surface area contributed by atoms with Gasteiger partial charge in [0.1, 0.15) is 23.8 Å². The molecule has 5 rings (SSSR count). The predicted octanol–water partition coefficient (Wildman–Crippen LogP) is 3.88. The van der Waals surface area contributed by atoms with Crippen LogP contribution in [0.1, 0.15) is 31.2 Å². The van der Waals surface area contributed by atoms with Gasteiger partial charge in [-0.2, -0.15) is 18.3 Å². The Hall–Kier alpha value is -4.40. The van der Waals surface area contributed by atoms with E-state index in [2.05, 4.69) is 20.4 Å². The molecule has 3 N–H and O–H groups in total. The van der Waals surface area contributed by atoms with Crippen molar-refractivity contribution >= 4 is 16.5 Å². The third-order valence-electron chi connectivity index (χ3n) is 7.09. The molecule has 1 aliphatic rings. The van der Waals surface area contributed by atoms with Crippen LogP contribution in [0.3, 0.4) is 0 Å². The maximum Gasteiger partial charge on any atom is 0.423 e. The number of aliphatic hydroxyl groups is 1. The van der Waals surface area contributed by atoms with Crippen molar-refractivity contribution in [3.63, 3.8) is 0 Å². The lowest BCUT2D eigenvalue weighted by atomic mass is 9.85. The molecule has 3 heterocycles. The zero-order chi connectivity index (χ0) is 30.0. The molecule has 0 bridgehead atoms. The first-order valence-electron chi connectivity index (χ1n) is 13.0. The highest BCUT2D eigenvalue weighted by atomic mass is 19.4. The van der Waals surface area contributed by atoms with E-state index in [1.54, 1.807) is 5.10 Å². The molecule has 15 heteroatoms. The number of rotatable bonds is 8. The highest BCUT2D eigenvalue weighted by Crippen LogP contribution is 2.34. The zero-order valence-electron chi connectivity index (χ0n) is 21.9. The van der Waals surface area contributed by atoms with Crippen LogP contribution in [-0.4, -0.2) is 49.1 Å². The average Bonchev–Trinajstić information content (AvgIpc) is 2.94. The maximum absolute atomic E-state index is 15.2.